The Morgan fingerprint density at radius 2 is 2.33 bits per heavy atom. The van der Waals surface area contributed by atoms with E-state index in [0.29, 0.717) is 0 Å². The number of hydrogen-bond donors (Lipinski definition) is 0. The van der Waals surface area contributed by atoms with Crippen LogP contribution in [0.4, 0.5) is 0 Å². The Bertz CT molecular complexity index is 120. The van der Waals surface area contributed by atoms with E-state index in [0.717, 1.165) is 0 Å². The number of ether oxygens (including phenoxy) is 1. The van der Waals surface area contributed by atoms with Gasteiger partial charge in [-0.15, -0.1) is 0 Å². The zero-order chi connectivity index (χ0) is 7.28. The van der Waals surface area contributed by atoms with Crippen LogP contribution in [0, 0.1) is 0 Å². The number of esters is 1. The van der Waals surface area contributed by atoms with Crippen molar-refractivity contribution in [2.45, 2.75) is 19.4 Å². The molecule has 0 bridgehead atoms. The van der Waals surface area contributed by atoms with Crippen LogP contribution in [0.1, 0.15) is 13.8 Å². The predicted octanol–water partition coefficient (Wildman–Crippen LogP) is 1.69. The minimum Gasteiger partial charge on any atom is -0.442 e. The van der Waals surface area contributed by atoms with Crippen LogP contribution in [0.3, 0.4) is 0 Å². The Morgan fingerprint density at radius 1 is 1.78 bits per heavy atom. The predicted molar refractivity (Wildman–Crippen MR) is 36.2 cm³/mol. The van der Waals surface area contributed by atoms with E-state index in [-0.39, 0.29) is 5.97 Å². The zero-order valence-corrected chi connectivity index (χ0v) is 6.18. The third kappa shape index (κ3) is 5.37. The van der Waals surface area contributed by atoms with Crippen molar-refractivity contribution in [3.8, 4) is 0 Å². The monoisotopic (exact) mass is 148 g/mol. The molecule has 0 heterocycles. The first kappa shape index (κ1) is 8.50. The molecule has 0 aromatic heterocycles. The fourth-order valence-electron chi connectivity index (χ4n) is 0.349. The van der Waals surface area contributed by atoms with Crippen molar-refractivity contribution in [2.24, 2.45) is 0 Å². The van der Waals surface area contributed by atoms with E-state index in [4.69, 9.17) is 11.6 Å². The van der Waals surface area contributed by atoms with Crippen molar-refractivity contribution in [3.63, 3.8) is 0 Å². The average molecular weight is 149 g/mol. The van der Waals surface area contributed by atoms with Gasteiger partial charge in [0.2, 0.25) is 0 Å². The molecule has 0 amide bonds. The molecule has 2 nitrogen and oxygen atoms in total. The molecule has 0 fully saturated rings. The van der Waals surface area contributed by atoms with Gasteiger partial charge in [0.25, 0.3) is 0 Å². The first-order valence-electron chi connectivity index (χ1n) is 2.61. The lowest BCUT2D eigenvalue weighted by Gasteiger charge is -2.01. The Kier molecular flexibility index (Phi) is 4.14. The fraction of sp³-hybridized carbons (Fsp3) is 0.500. The lowest BCUT2D eigenvalue weighted by molar-refractivity contribution is -0.141. The second kappa shape index (κ2) is 4.39. The smallest absolute Gasteiger partial charge is 0.304 e. The molecule has 0 aliphatic carbocycles. The number of alkyl halides is 1. The van der Waals surface area contributed by atoms with Gasteiger partial charge in [-0.2, -0.15) is 0 Å². The van der Waals surface area contributed by atoms with Crippen LogP contribution in [0.25, 0.3) is 0 Å². The van der Waals surface area contributed by atoms with Crippen molar-refractivity contribution in [3.05, 3.63) is 12.2 Å². The topological polar surface area (TPSA) is 26.3 Å². The number of halogens is 1. The van der Waals surface area contributed by atoms with Crippen molar-refractivity contribution in [1.82, 2.24) is 0 Å². The van der Waals surface area contributed by atoms with E-state index in [1.54, 1.807) is 19.1 Å². The molecule has 0 spiro atoms. The van der Waals surface area contributed by atoms with Crippen molar-refractivity contribution >= 4 is 17.6 Å². The maximum absolute atomic E-state index is 10.2. The number of carbonyl (C=O) groups is 1. The molecule has 0 radical (unpaired) electrons. The zero-order valence-electron chi connectivity index (χ0n) is 5.43. The first-order chi connectivity index (χ1) is 4.16. The van der Waals surface area contributed by atoms with Gasteiger partial charge in [-0.05, 0) is 13.0 Å². The highest BCUT2D eigenvalue weighted by molar-refractivity contribution is 6.21. The van der Waals surface area contributed by atoms with E-state index in [1.807, 2.05) is 0 Å². The first-order valence-corrected chi connectivity index (χ1v) is 3.04. The Hall–Kier alpha value is -0.500. The molecule has 9 heavy (non-hydrogen) atoms. The quantitative estimate of drug-likeness (QED) is 0.339. The van der Waals surface area contributed by atoms with Gasteiger partial charge in [0, 0.05) is 6.92 Å². The standard InChI is InChI=1S/C6H9ClO2/c1-3-4-6(7)9-5(2)8/h3-4,6H,1-2H3/b4-3+. The number of hydrogen-bond acceptors (Lipinski definition) is 2. The number of carbonyl (C=O) groups excluding carboxylic acids is 1. The molecular formula is C6H9ClO2. The number of allylic oxidation sites excluding steroid dienone is 1. The molecule has 0 N–H and O–H groups in total. The van der Waals surface area contributed by atoms with E-state index in [2.05, 4.69) is 4.74 Å². The third-order valence-corrected chi connectivity index (χ3v) is 0.857. The summed E-state index contributed by atoms with van der Waals surface area (Å²) < 4.78 is 4.53. The Balaban J connectivity index is 3.50. The van der Waals surface area contributed by atoms with E-state index >= 15 is 0 Å². The summed E-state index contributed by atoms with van der Waals surface area (Å²) in [6, 6.07) is 0. The Labute approximate surface area is 59.5 Å². The highest BCUT2D eigenvalue weighted by Crippen LogP contribution is 1.99. The SMILES string of the molecule is C/C=C/C(Cl)OC(C)=O. The molecule has 52 valence electrons. The summed E-state index contributed by atoms with van der Waals surface area (Å²) in [7, 11) is 0. The molecule has 3 heteroatoms. The van der Waals surface area contributed by atoms with E-state index < -0.39 is 5.56 Å². The Morgan fingerprint density at radius 3 is 2.67 bits per heavy atom. The van der Waals surface area contributed by atoms with Crippen molar-refractivity contribution in [1.29, 1.82) is 0 Å². The minimum atomic E-state index is -0.618. The highest BCUT2D eigenvalue weighted by Gasteiger charge is 1.99. The van der Waals surface area contributed by atoms with E-state index in [9.17, 15) is 4.79 Å². The molecule has 0 aromatic carbocycles. The summed E-state index contributed by atoms with van der Waals surface area (Å²) >= 11 is 5.45. The number of rotatable bonds is 2. The summed E-state index contributed by atoms with van der Waals surface area (Å²) in [4.78, 5) is 10.2. The minimum absolute atomic E-state index is 0.367. The van der Waals surface area contributed by atoms with Crippen LogP contribution in [-0.2, 0) is 9.53 Å². The molecule has 1 atom stereocenters. The molecule has 0 aliphatic rings. The summed E-state index contributed by atoms with van der Waals surface area (Å²) in [5, 5.41) is 0. The summed E-state index contributed by atoms with van der Waals surface area (Å²) in [5.41, 5.74) is -0.618. The van der Waals surface area contributed by atoms with Gasteiger partial charge in [-0.1, -0.05) is 17.7 Å². The summed E-state index contributed by atoms with van der Waals surface area (Å²) in [6.07, 6.45) is 3.31. The fourth-order valence-corrected chi connectivity index (χ4v) is 0.620. The lowest BCUT2D eigenvalue weighted by Crippen LogP contribution is -2.05. The summed E-state index contributed by atoms with van der Waals surface area (Å²) in [6.45, 7) is 3.12. The van der Waals surface area contributed by atoms with Crippen LogP contribution in [0.15, 0.2) is 12.2 Å². The van der Waals surface area contributed by atoms with Gasteiger partial charge < -0.3 is 4.74 Å². The van der Waals surface area contributed by atoms with E-state index in [1.165, 1.54) is 6.92 Å². The molecule has 0 rings (SSSR count). The van der Waals surface area contributed by atoms with Gasteiger partial charge in [-0.3, -0.25) is 4.79 Å². The highest BCUT2D eigenvalue weighted by atomic mass is 35.5. The summed E-state index contributed by atoms with van der Waals surface area (Å²) in [5.74, 6) is -0.367. The molecule has 1 unspecified atom stereocenters. The second-order valence-electron chi connectivity index (χ2n) is 1.49. The van der Waals surface area contributed by atoms with Crippen LogP contribution >= 0.6 is 11.6 Å². The maximum Gasteiger partial charge on any atom is 0.304 e. The largest absolute Gasteiger partial charge is 0.442 e. The maximum atomic E-state index is 10.2. The normalized spacial score (nSPS) is 13.7. The van der Waals surface area contributed by atoms with Gasteiger partial charge in [0.15, 0.2) is 5.56 Å². The molecule has 0 saturated carbocycles. The van der Waals surface area contributed by atoms with Crippen LogP contribution < -0.4 is 0 Å². The van der Waals surface area contributed by atoms with Gasteiger partial charge in [0.05, 0.1) is 0 Å². The van der Waals surface area contributed by atoms with Gasteiger partial charge in [-0.25, -0.2) is 0 Å². The second-order valence-corrected chi connectivity index (χ2v) is 1.92. The van der Waals surface area contributed by atoms with Gasteiger partial charge >= 0.3 is 5.97 Å². The van der Waals surface area contributed by atoms with Crippen molar-refractivity contribution < 1.29 is 9.53 Å². The van der Waals surface area contributed by atoms with Crippen molar-refractivity contribution in [2.75, 3.05) is 0 Å². The molecule has 0 saturated heterocycles. The average Bonchev–Trinajstić information content (AvgIpc) is 1.63. The lowest BCUT2D eigenvalue weighted by atomic mass is 10.5. The third-order valence-electron chi connectivity index (χ3n) is 0.622. The van der Waals surface area contributed by atoms with Crippen LogP contribution in [0.5, 0.6) is 0 Å². The molecular weight excluding hydrogens is 140 g/mol. The van der Waals surface area contributed by atoms with Crippen LogP contribution in [0.2, 0.25) is 0 Å². The molecule has 0 aliphatic heterocycles. The van der Waals surface area contributed by atoms with Gasteiger partial charge in [0.1, 0.15) is 0 Å². The molecule has 0 aromatic rings. The van der Waals surface area contributed by atoms with Crippen LogP contribution in [-0.4, -0.2) is 11.5 Å².